The molecule has 14 nitrogen and oxygen atoms in total. The number of carbonyl (C=O) groups is 4. The van der Waals surface area contributed by atoms with Crippen molar-refractivity contribution in [2.45, 2.75) is 102 Å². The first-order chi connectivity index (χ1) is 26.7. The Labute approximate surface area is 338 Å². The van der Waals surface area contributed by atoms with Gasteiger partial charge in [-0.1, -0.05) is 44.5 Å². The van der Waals surface area contributed by atoms with Crippen LogP contribution in [0.3, 0.4) is 0 Å². The van der Waals surface area contributed by atoms with Crippen LogP contribution in [0.4, 0.5) is 5.69 Å². The molecule has 1 saturated heterocycles. The van der Waals surface area contributed by atoms with E-state index in [1.54, 1.807) is 63.2 Å². The van der Waals surface area contributed by atoms with Crippen molar-refractivity contribution in [1.82, 2.24) is 19.9 Å². The van der Waals surface area contributed by atoms with Crippen LogP contribution in [0, 0.1) is 11.3 Å². The van der Waals surface area contributed by atoms with Crippen molar-refractivity contribution in [1.29, 1.82) is 0 Å². The number of fused-ring (bicyclic) bond motifs is 1. The number of pyridine rings is 1. The number of sulfonamides is 1. The number of anilines is 1. The van der Waals surface area contributed by atoms with Crippen molar-refractivity contribution in [3.05, 3.63) is 71.9 Å². The lowest BCUT2D eigenvalue weighted by molar-refractivity contribution is -0.141. The minimum atomic E-state index is -3.92. The second kappa shape index (κ2) is 15.5. The summed E-state index contributed by atoms with van der Waals surface area (Å²) in [6, 6.07) is 9.74. The molecular formula is C41H50ClN5O9S. The molecule has 2 saturated carbocycles. The van der Waals surface area contributed by atoms with E-state index in [0.717, 1.165) is 0 Å². The largest absolute Gasteiger partial charge is 0.494 e. The fraction of sp³-hybridized carbons (Fsp3) is 0.488. The van der Waals surface area contributed by atoms with Crippen molar-refractivity contribution in [3.8, 4) is 11.6 Å². The SMILES string of the molecule is C=C[C@@H]1C[C@]1(NC(=O)[C@@H]1C[C@@H](Oc2ncc(OC)c3ccc(Cl)cc23)CN1C(=O)C(Nc1cccc(C(=O)OC(C)(C)C)c1)C(C)(C)C)C(=O)NS(=O)(=O)C1CC1. The summed E-state index contributed by atoms with van der Waals surface area (Å²) in [7, 11) is -2.40. The van der Waals surface area contributed by atoms with E-state index in [1.165, 1.54) is 24.3 Å². The average molecular weight is 824 g/mol. The van der Waals surface area contributed by atoms with E-state index in [1.807, 2.05) is 20.8 Å². The predicted molar refractivity (Wildman–Crippen MR) is 216 cm³/mol. The van der Waals surface area contributed by atoms with Crippen LogP contribution >= 0.6 is 11.6 Å². The zero-order valence-corrected chi connectivity index (χ0v) is 34.8. The van der Waals surface area contributed by atoms with Crippen molar-refractivity contribution in [2.75, 3.05) is 19.0 Å². The minimum Gasteiger partial charge on any atom is -0.494 e. The molecule has 6 rings (SSSR count). The Morgan fingerprint density at radius 3 is 2.39 bits per heavy atom. The number of esters is 1. The number of amides is 3. The van der Waals surface area contributed by atoms with Gasteiger partial charge in [0.15, 0.2) is 0 Å². The maximum atomic E-state index is 14.9. The summed E-state index contributed by atoms with van der Waals surface area (Å²) in [5, 5.41) is 7.16. The Hall–Kier alpha value is -4.89. The molecule has 3 fully saturated rings. The number of halogens is 1. The highest BCUT2D eigenvalue weighted by atomic mass is 35.5. The number of hydrogen-bond donors (Lipinski definition) is 3. The second-order valence-electron chi connectivity index (χ2n) is 17.0. The Bertz CT molecular complexity index is 2220. The third-order valence-electron chi connectivity index (χ3n) is 10.3. The number of ether oxygens (including phenoxy) is 3. The molecule has 2 aromatic carbocycles. The molecule has 16 heteroatoms. The highest BCUT2D eigenvalue weighted by Crippen LogP contribution is 2.46. The van der Waals surface area contributed by atoms with Crippen LogP contribution < -0.4 is 24.8 Å². The Balaban J connectivity index is 1.32. The smallest absolute Gasteiger partial charge is 0.338 e. The van der Waals surface area contributed by atoms with Gasteiger partial charge >= 0.3 is 5.97 Å². The third kappa shape index (κ3) is 9.14. The lowest BCUT2D eigenvalue weighted by Crippen LogP contribution is -2.58. The van der Waals surface area contributed by atoms with Crippen molar-refractivity contribution in [2.24, 2.45) is 11.3 Å². The lowest BCUT2D eigenvalue weighted by Gasteiger charge is -2.36. The van der Waals surface area contributed by atoms with Gasteiger partial charge in [-0.05, 0) is 81.8 Å². The predicted octanol–water partition coefficient (Wildman–Crippen LogP) is 5.40. The van der Waals surface area contributed by atoms with Crippen LogP contribution in [0.1, 0.15) is 77.6 Å². The number of nitrogens with one attached hydrogen (secondary N) is 3. The first-order valence-electron chi connectivity index (χ1n) is 18.9. The average Bonchev–Trinajstić information content (AvgIpc) is 4.06. The molecule has 2 aliphatic carbocycles. The van der Waals surface area contributed by atoms with Gasteiger partial charge in [0.1, 0.15) is 35.1 Å². The van der Waals surface area contributed by atoms with E-state index in [2.05, 4.69) is 26.9 Å². The topological polar surface area (TPSA) is 182 Å². The Morgan fingerprint density at radius 1 is 1.05 bits per heavy atom. The van der Waals surface area contributed by atoms with Crippen molar-refractivity contribution < 1.29 is 41.8 Å². The molecule has 306 valence electrons. The number of benzene rings is 2. The second-order valence-corrected chi connectivity index (χ2v) is 19.4. The van der Waals surface area contributed by atoms with Crippen molar-refractivity contribution in [3.63, 3.8) is 0 Å². The quantitative estimate of drug-likeness (QED) is 0.148. The van der Waals surface area contributed by atoms with Gasteiger partial charge in [0.25, 0.3) is 5.91 Å². The number of likely N-dealkylation sites (tertiary alicyclic amines) is 1. The van der Waals surface area contributed by atoms with Crippen LogP contribution in [0.2, 0.25) is 5.02 Å². The molecule has 3 amide bonds. The molecule has 3 aliphatic rings. The molecule has 57 heavy (non-hydrogen) atoms. The van der Waals surface area contributed by atoms with Crippen LogP contribution in [-0.4, -0.2) is 90.2 Å². The van der Waals surface area contributed by atoms with Crippen molar-refractivity contribution >= 4 is 61.8 Å². The monoisotopic (exact) mass is 823 g/mol. The van der Waals surface area contributed by atoms with Crippen LogP contribution in [0.25, 0.3) is 10.8 Å². The molecule has 2 heterocycles. The van der Waals surface area contributed by atoms with Gasteiger partial charge in [-0.3, -0.25) is 19.1 Å². The van der Waals surface area contributed by atoms with E-state index in [-0.39, 0.29) is 30.8 Å². The van der Waals surface area contributed by atoms with E-state index in [9.17, 15) is 27.6 Å². The van der Waals surface area contributed by atoms with Gasteiger partial charge in [-0.2, -0.15) is 0 Å². The van der Waals surface area contributed by atoms with Gasteiger partial charge in [-0.15, -0.1) is 6.58 Å². The van der Waals surface area contributed by atoms with Gasteiger partial charge in [0, 0.05) is 33.8 Å². The molecular weight excluding hydrogens is 774 g/mol. The summed E-state index contributed by atoms with van der Waals surface area (Å²) in [6.07, 6.45) is 3.31. The first kappa shape index (κ1) is 41.7. The zero-order chi connectivity index (χ0) is 41.7. The Kier molecular flexibility index (Phi) is 11.3. The number of nitrogens with zero attached hydrogens (tertiary/aromatic N) is 2. The van der Waals surface area contributed by atoms with Crippen LogP contribution in [-0.2, 0) is 29.1 Å². The molecule has 0 spiro atoms. The normalized spacial score (nSPS) is 22.6. The van der Waals surface area contributed by atoms with Gasteiger partial charge in [-0.25, -0.2) is 18.2 Å². The Morgan fingerprint density at radius 2 is 1.77 bits per heavy atom. The maximum absolute atomic E-state index is 14.9. The van der Waals surface area contributed by atoms with Crippen LogP contribution in [0.15, 0.2) is 61.3 Å². The lowest BCUT2D eigenvalue weighted by atomic mass is 9.85. The number of methoxy groups -OCH3 is 1. The summed E-state index contributed by atoms with van der Waals surface area (Å²) in [6.45, 7) is 14.7. The summed E-state index contributed by atoms with van der Waals surface area (Å²) in [4.78, 5) is 61.7. The van der Waals surface area contributed by atoms with E-state index in [0.29, 0.717) is 40.1 Å². The molecule has 5 atom stereocenters. The number of rotatable bonds is 13. The standard InChI is InChI=1S/C41H50ClN5O9S/c1-9-24-20-41(24,38(51)46-57(52,53)28-14-15-28)45-34(48)31-19-27(55-35-30-18-25(42)13-16-29(30)32(54-8)21-43-35)22-47(31)36(49)33(39(2,3)4)44-26-12-10-11-23(17-26)37(50)56-40(5,6)7/h9-13,16-18,21,24,27-28,31,33,44H,1,14-15,19-20,22H2,2-8H3,(H,45,48)(H,46,51)/t24-,27-,31+,33?,41-/m1/s1. The molecule has 1 aliphatic heterocycles. The number of hydrogen-bond acceptors (Lipinski definition) is 11. The van der Waals surface area contributed by atoms with Crippen LogP contribution in [0.5, 0.6) is 11.6 Å². The molecule has 1 aromatic heterocycles. The molecule has 3 N–H and O–H groups in total. The number of carbonyl (C=O) groups excluding carboxylic acids is 4. The fourth-order valence-corrected chi connectivity index (χ4v) is 8.56. The highest BCUT2D eigenvalue weighted by Gasteiger charge is 2.62. The molecule has 3 aromatic rings. The first-order valence-corrected chi connectivity index (χ1v) is 20.8. The van der Waals surface area contributed by atoms with Gasteiger partial charge in [0.2, 0.25) is 27.7 Å². The van der Waals surface area contributed by atoms with E-state index in [4.69, 9.17) is 25.8 Å². The summed E-state index contributed by atoms with van der Waals surface area (Å²) < 4.78 is 45.2. The van der Waals surface area contributed by atoms with E-state index >= 15 is 0 Å². The summed E-state index contributed by atoms with van der Waals surface area (Å²) in [5.41, 5.74) is -2.25. The molecule has 0 bridgehead atoms. The van der Waals surface area contributed by atoms with E-state index < -0.39 is 79.6 Å². The summed E-state index contributed by atoms with van der Waals surface area (Å²) in [5.74, 6) is -2.30. The maximum Gasteiger partial charge on any atom is 0.338 e. The zero-order valence-electron chi connectivity index (χ0n) is 33.2. The number of aromatic nitrogens is 1. The van der Waals surface area contributed by atoms with Gasteiger partial charge < -0.3 is 29.7 Å². The molecule has 1 unspecified atom stereocenters. The minimum absolute atomic E-state index is 0.00909. The third-order valence-corrected chi connectivity index (χ3v) is 12.3. The summed E-state index contributed by atoms with van der Waals surface area (Å²) >= 11 is 6.37. The fourth-order valence-electron chi connectivity index (χ4n) is 7.03. The highest BCUT2D eigenvalue weighted by molar-refractivity contribution is 7.91. The molecule has 0 radical (unpaired) electrons. The van der Waals surface area contributed by atoms with Gasteiger partial charge in [0.05, 0.1) is 30.7 Å².